The summed E-state index contributed by atoms with van der Waals surface area (Å²) in [7, 11) is -2.94. The SMILES string of the molecule is CCN(C)S(=O)(=O)Nc1ccc(F)c(C(=O)c2c[nH]c3ncc(-c4cnc(N5CCN(C(=O)CC6(O)CCN(c7ccc(NC8CCC(=O)NC8=O)cc7F)CC6)CC5)c(F)c4)cc23)c1F. The summed E-state index contributed by atoms with van der Waals surface area (Å²) in [6.07, 6.45) is 4.82. The number of amides is 3. The number of piperidine rings is 2. The number of aromatic amines is 1. The van der Waals surface area contributed by atoms with E-state index in [9.17, 15) is 32.7 Å². The third kappa shape index (κ3) is 9.38. The summed E-state index contributed by atoms with van der Waals surface area (Å²) in [5, 5.41) is 16.8. The van der Waals surface area contributed by atoms with Crippen molar-refractivity contribution in [2.75, 3.05) is 72.7 Å². The zero-order chi connectivity index (χ0) is 47.1. The van der Waals surface area contributed by atoms with Crippen LogP contribution in [0.4, 0.5) is 40.4 Å². The molecule has 1 unspecified atom stereocenters. The summed E-state index contributed by atoms with van der Waals surface area (Å²) in [5.74, 6) is -5.94. The van der Waals surface area contributed by atoms with Crippen LogP contribution in [0.1, 0.15) is 54.9 Å². The number of imide groups is 1. The fourth-order valence-electron chi connectivity index (χ4n) is 8.32. The number of piperazine rings is 1. The van der Waals surface area contributed by atoms with Crippen molar-refractivity contribution in [2.24, 2.45) is 0 Å². The number of hydrogen-bond donors (Lipinski definition) is 5. The van der Waals surface area contributed by atoms with Crippen LogP contribution in [0.3, 0.4) is 0 Å². The number of aromatic nitrogens is 3. The average molecular weight is 935 g/mol. The molecule has 22 heteroatoms. The standard InChI is InChI=1S/C44H46F4N10O7S/c1-3-55(2)66(64,65)54-33-6-5-30(45)38(39(33)48)40(61)29-24-50-41-28(29)18-25(22-49-41)26-19-32(47)42(51-23-26)58-16-14-57(15-17-58)37(60)21-44(63)10-12-56(13-11-44)35-8-4-27(20-31(35)46)52-34-7-9-36(59)53-43(34)62/h4-6,8,18-20,22-24,34,52,54,63H,3,7,9-17,21H2,1-2H3,(H,49,50)(H,53,59,62). The molecule has 0 saturated carbocycles. The van der Waals surface area contributed by atoms with Crippen LogP contribution in [-0.2, 0) is 24.6 Å². The first-order chi connectivity index (χ1) is 31.4. The number of carbonyl (C=O) groups is 4. The summed E-state index contributed by atoms with van der Waals surface area (Å²) < 4.78 is 89.7. The Bertz CT molecular complexity index is 2850. The molecule has 3 aliphatic rings. The Balaban J connectivity index is 0.868. The first kappa shape index (κ1) is 45.9. The molecule has 348 valence electrons. The second-order valence-electron chi connectivity index (χ2n) is 16.6. The molecule has 0 spiro atoms. The molecule has 0 bridgehead atoms. The highest BCUT2D eigenvalue weighted by atomic mass is 32.2. The predicted molar refractivity (Wildman–Crippen MR) is 236 cm³/mol. The summed E-state index contributed by atoms with van der Waals surface area (Å²) in [6.45, 7) is 3.20. The number of benzene rings is 2. The van der Waals surface area contributed by atoms with E-state index in [0.29, 0.717) is 36.4 Å². The summed E-state index contributed by atoms with van der Waals surface area (Å²) in [4.78, 5) is 67.2. The summed E-state index contributed by atoms with van der Waals surface area (Å²) >= 11 is 0. The topological polar surface area (TPSA) is 213 Å². The van der Waals surface area contributed by atoms with Crippen molar-refractivity contribution in [3.8, 4) is 11.1 Å². The van der Waals surface area contributed by atoms with E-state index in [-0.39, 0.29) is 98.2 Å². The molecule has 0 aliphatic carbocycles. The van der Waals surface area contributed by atoms with Crippen LogP contribution < -0.4 is 25.2 Å². The molecule has 17 nitrogen and oxygen atoms in total. The van der Waals surface area contributed by atoms with Gasteiger partial charge in [0.2, 0.25) is 23.5 Å². The van der Waals surface area contributed by atoms with Crippen molar-refractivity contribution in [3.63, 3.8) is 0 Å². The Morgan fingerprint density at radius 1 is 0.909 bits per heavy atom. The molecule has 66 heavy (non-hydrogen) atoms. The summed E-state index contributed by atoms with van der Waals surface area (Å²) in [6, 6.07) is 8.25. The van der Waals surface area contributed by atoms with Gasteiger partial charge < -0.3 is 30.1 Å². The van der Waals surface area contributed by atoms with Crippen LogP contribution in [0.15, 0.2) is 61.1 Å². The maximum Gasteiger partial charge on any atom is 0.301 e. The first-order valence-corrected chi connectivity index (χ1v) is 22.7. The van der Waals surface area contributed by atoms with Crippen LogP contribution in [0, 0.1) is 23.3 Å². The largest absolute Gasteiger partial charge is 0.389 e. The molecule has 3 aliphatic heterocycles. The zero-order valence-electron chi connectivity index (χ0n) is 35.8. The van der Waals surface area contributed by atoms with Crippen molar-refractivity contribution in [2.45, 2.75) is 50.7 Å². The molecular weight excluding hydrogens is 889 g/mol. The van der Waals surface area contributed by atoms with Gasteiger partial charge in [0.25, 0.3) is 0 Å². The number of carbonyl (C=O) groups excluding carboxylic acids is 4. The molecule has 3 fully saturated rings. The Hall–Kier alpha value is -6.65. The van der Waals surface area contributed by atoms with E-state index in [4.69, 9.17) is 0 Å². The minimum absolute atomic E-state index is 0.0435. The van der Waals surface area contributed by atoms with Crippen LogP contribution in [0.2, 0.25) is 0 Å². The van der Waals surface area contributed by atoms with E-state index in [0.717, 1.165) is 16.4 Å². The van der Waals surface area contributed by atoms with Gasteiger partial charge in [-0.3, -0.25) is 29.2 Å². The van der Waals surface area contributed by atoms with Gasteiger partial charge in [0.15, 0.2) is 17.5 Å². The molecule has 8 rings (SSSR count). The van der Waals surface area contributed by atoms with Gasteiger partial charge in [-0.15, -0.1) is 0 Å². The molecule has 5 aromatic rings. The van der Waals surface area contributed by atoms with Crippen molar-refractivity contribution < 1.29 is 50.3 Å². The molecule has 3 aromatic heterocycles. The van der Waals surface area contributed by atoms with E-state index >= 15 is 17.6 Å². The highest BCUT2D eigenvalue weighted by Crippen LogP contribution is 2.34. The van der Waals surface area contributed by atoms with E-state index in [1.54, 1.807) is 33.8 Å². The quantitative estimate of drug-likeness (QED) is 0.0635. The van der Waals surface area contributed by atoms with Crippen molar-refractivity contribution in [1.29, 1.82) is 0 Å². The Kier molecular flexibility index (Phi) is 12.7. The lowest BCUT2D eigenvalue weighted by molar-refractivity contribution is -0.138. The monoisotopic (exact) mass is 934 g/mol. The van der Waals surface area contributed by atoms with Gasteiger partial charge in [-0.05, 0) is 61.7 Å². The van der Waals surface area contributed by atoms with Gasteiger partial charge in [0, 0.05) is 106 Å². The number of nitrogens with one attached hydrogen (secondary N) is 4. The molecule has 3 amide bonds. The lowest BCUT2D eigenvalue weighted by atomic mass is 9.87. The second kappa shape index (κ2) is 18.3. The molecule has 3 saturated heterocycles. The lowest BCUT2D eigenvalue weighted by Gasteiger charge is -2.41. The van der Waals surface area contributed by atoms with E-state index in [2.05, 4.69) is 25.6 Å². The normalized spacial score (nSPS) is 17.9. The van der Waals surface area contributed by atoms with Crippen LogP contribution in [-0.4, -0.2) is 126 Å². The number of ketones is 1. The third-order valence-electron chi connectivity index (χ3n) is 12.3. The molecule has 0 radical (unpaired) electrons. The molecule has 5 N–H and O–H groups in total. The number of nitrogens with zero attached hydrogens (tertiary/aromatic N) is 6. The highest BCUT2D eigenvalue weighted by molar-refractivity contribution is 7.90. The number of anilines is 4. The average Bonchev–Trinajstić information content (AvgIpc) is 3.72. The smallest absolute Gasteiger partial charge is 0.301 e. The Morgan fingerprint density at radius 2 is 1.62 bits per heavy atom. The Labute approximate surface area is 376 Å². The number of halogens is 4. The molecular formula is C44H46F4N10O7S. The maximum atomic E-state index is 15.8. The number of H-pyrrole nitrogens is 1. The van der Waals surface area contributed by atoms with Gasteiger partial charge >= 0.3 is 10.2 Å². The Morgan fingerprint density at radius 3 is 2.30 bits per heavy atom. The number of hydrogen-bond acceptors (Lipinski definition) is 12. The van der Waals surface area contributed by atoms with Gasteiger partial charge in [-0.2, -0.15) is 12.7 Å². The van der Waals surface area contributed by atoms with Crippen molar-refractivity contribution in [3.05, 3.63) is 95.5 Å². The fraction of sp³-hybridized carbons (Fsp3) is 0.364. The third-order valence-corrected chi connectivity index (χ3v) is 13.9. The maximum absolute atomic E-state index is 15.8. The second-order valence-corrected chi connectivity index (χ2v) is 18.3. The van der Waals surface area contributed by atoms with Crippen LogP contribution in [0.25, 0.3) is 22.2 Å². The van der Waals surface area contributed by atoms with E-state index < -0.39 is 68.1 Å². The van der Waals surface area contributed by atoms with Gasteiger partial charge in [0.05, 0.1) is 29.0 Å². The number of fused-ring (bicyclic) bond motifs is 1. The van der Waals surface area contributed by atoms with Crippen molar-refractivity contribution >= 4 is 67.6 Å². The zero-order valence-corrected chi connectivity index (χ0v) is 36.7. The predicted octanol–water partition coefficient (Wildman–Crippen LogP) is 4.31. The number of aliphatic hydroxyl groups is 1. The van der Waals surface area contributed by atoms with Gasteiger partial charge in [-0.25, -0.2) is 27.5 Å². The van der Waals surface area contributed by atoms with Crippen LogP contribution in [0.5, 0.6) is 0 Å². The van der Waals surface area contributed by atoms with Crippen molar-refractivity contribution in [1.82, 2.24) is 29.5 Å². The highest BCUT2D eigenvalue weighted by Gasteiger charge is 2.37. The lowest BCUT2D eigenvalue weighted by Crippen LogP contribution is -2.52. The fourth-order valence-corrected chi connectivity index (χ4v) is 9.25. The molecule has 1 atom stereocenters. The van der Waals surface area contributed by atoms with Crippen LogP contribution >= 0.6 is 0 Å². The number of pyridine rings is 2. The summed E-state index contributed by atoms with van der Waals surface area (Å²) in [5.41, 5.74) is -1.56. The first-order valence-electron chi connectivity index (χ1n) is 21.2. The number of rotatable bonds is 13. The van der Waals surface area contributed by atoms with E-state index in [1.807, 2.05) is 4.72 Å². The molecule has 2 aromatic carbocycles. The minimum atomic E-state index is -4.20. The minimum Gasteiger partial charge on any atom is -0.389 e. The van der Waals surface area contributed by atoms with E-state index in [1.165, 1.54) is 43.8 Å². The van der Waals surface area contributed by atoms with Gasteiger partial charge in [-0.1, -0.05) is 6.92 Å². The van der Waals surface area contributed by atoms with Gasteiger partial charge in [0.1, 0.15) is 23.3 Å². The molecule has 6 heterocycles.